The molecule has 2 unspecified atom stereocenters. The molecule has 0 radical (unpaired) electrons. The first-order valence-electron chi connectivity index (χ1n) is 6.77. The molecule has 0 aromatic heterocycles. The summed E-state index contributed by atoms with van der Waals surface area (Å²) >= 11 is 0. The van der Waals surface area contributed by atoms with Crippen molar-refractivity contribution >= 4 is 0 Å². The van der Waals surface area contributed by atoms with E-state index in [0.29, 0.717) is 12.5 Å². The van der Waals surface area contributed by atoms with Crippen LogP contribution in [0.5, 0.6) is 0 Å². The van der Waals surface area contributed by atoms with Crippen molar-refractivity contribution in [1.82, 2.24) is 4.90 Å². The van der Waals surface area contributed by atoms with E-state index in [1.54, 1.807) is 12.1 Å². The molecule has 1 aromatic rings. The highest BCUT2D eigenvalue weighted by Crippen LogP contribution is 2.34. The van der Waals surface area contributed by atoms with Gasteiger partial charge in [0.1, 0.15) is 11.9 Å². The van der Waals surface area contributed by atoms with E-state index in [1.165, 1.54) is 12.5 Å². The summed E-state index contributed by atoms with van der Waals surface area (Å²) < 4.78 is 13.4. The minimum absolute atomic E-state index is 0.117. The third-order valence-corrected chi connectivity index (χ3v) is 4.01. The van der Waals surface area contributed by atoms with Gasteiger partial charge in [0.2, 0.25) is 0 Å². The van der Waals surface area contributed by atoms with Crippen molar-refractivity contribution in [3.63, 3.8) is 0 Å². The number of likely N-dealkylation sites (tertiary alicyclic amines) is 1. The second-order valence-corrected chi connectivity index (χ2v) is 5.27. The van der Waals surface area contributed by atoms with Crippen molar-refractivity contribution in [1.29, 1.82) is 5.26 Å². The lowest BCUT2D eigenvalue weighted by Crippen LogP contribution is -2.33. The molecule has 1 heterocycles. The molecule has 1 aromatic carbocycles. The van der Waals surface area contributed by atoms with Crippen LogP contribution in [0.2, 0.25) is 0 Å². The van der Waals surface area contributed by atoms with Crippen LogP contribution in [-0.2, 0) is 0 Å². The second-order valence-electron chi connectivity index (χ2n) is 5.27. The van der Waals surface area contributed by atoms with Gasteiger partial charge in [0.05, 0.1) is 5.56 Å². The summed E-state index contributed by atoms with van der Waals surface area (Å²) in [5.74, 6) is -0.0867. The van der Waals surface area contributed by atoms with Crippen molar-refractivity contribution in [3.05, 3.63) is 35.1 Å². The maximum atomic E-state index is 13.4. The molecule has 1 aliphatic heterocycles. The zero-order chi connectivity index (χ0) is 13.8. The molecule has 0 aliphatic carbocycles. The monoisotopic (exact) mass is 261 g/mol. The van der Waals surface area contributed by atoms with Crippen LogP contribution in [-0.4, -0.2) is 25.0 Å². The number of rotatable bonds is 2. The SMILES string of the molecule is CN1CCCCC(CN)C1c1ccc(F)c(C#N)c1. The summed E-state index contributed by atoms with van der Waals surface area (Å²) in [6.07, 6.45) is 3.43. The van der Waals surface area contributed by atoms with Crippen LogP contribution in [0.3, 0.4) is 0 Å². The zero-order valence-electron chi connectivity index (χ0n) is 11.3. The van der Waals surface area contributed by atoms with Gasteiger partial charge in [-0.1, -0.05) is 12.5 Å². The molecule has 2 N–H and O–H groups in total. The normalized spacial score (nSPS) is 24.7. The Morgan fingerprint density at radius 1 is 1.47 bits per heavy atom. The molecular formula is C15H20FN3. The Bertz CT molecular complexity index is 481. The third kappa shape index (κ3) is 2.94. The fraction of sp³-hybridized carbons (Fsp3) is 0.533. The second kappa shape index (κ2) is 6.14. The van der Waals surface area contributed by atoms with E-state index in [2.05, 4.69) is 11.9 Å². The number of halogens is 1. The fourth-order valence-corrected chi connectivity index (χ4v) is 3.01. The number of benzene rings is 1. The molecule has 1 aliphatic rings. The number of nitrogens with two attached hydrogens (primary N) is 1. The van der Waals surface area contributed by atoms with E-state index in [4.69, 9.17) is 11.0 Å². The smallest absolute Gasteiger partial charge is 0.140 e. The van der Waals surface area contributed by atoms with E-state index in [-0.39, 0.29) is 11.6 Å². The molecule has 3 nitrogen and oxygen atoms in total. The lowest BCUT2D eigenvalue weighted by molar-refractivity contribution is 0.196. The van der Waals surface area contributed by atoms with Crippen molar-refractivity contribution < 1.29 is 4.39 Å². The summed E-state index contributed by atoms with van der Waals surface area (Å²) in [6.45, 7) is 1.63. The molecule has 0 amide bonds. The molecule has 2 atom stereocenters. The summed E-state index contributed by atoms with van der Waals surface area (Å²) in [6, 6.07) is 6.94. The first-order chi connectivity index (χ1) is 9.17. The van der Waals surface area contributed by atoms with Gasteiger partial charge in [0, 0.05) is 6.04 Å². The number of nitrogens with zero attached hydrogens (tertiary/aromatic N) is 2. The van der Waals surface area contributed by atoms with E-state index >= 15 is 0 Å². The Morgan fingerprint density at radius 2 is 2.26 bits per heavy atom. The average molecular weight is 261 g/mol. The quantitative estimate of drug-likeness (QED) is 0.889. The van der Waals surface area contributed by atoms with E-state index in [9.17, 15) is 4.39 Å². The summed E-state index contributed by atoms with van der Waals surface area (Å²) in [5.41, 5.74) is 7.01. The first-order valence-corrected chi connectivity index (χ1v) is 6.77. The van der Waals surface area contributed by atoms with Crippen molar-refractivity contribution in [2.45, 2.75) is 25.3 Å². The van der Waals surface area contributed by atoms with E-state index < -0.39 is 5.82 Å². The van der Waals surface area contributed by atoms with E-state index in [1.807, 2.05) is 6.07 Å². The van der Waals surface area contributed by atoms with Crippen LogP contribution in [0.15, 0.2) is 18.2 Å². The van der Waals surface area contributed by atoms with Crippen LogP contribution < -0.4 is 5.73 Å². The maximum absolute atomic E-state index is 13.4. The molecule has 0 spiro atoms. The van der Waals surface area contributed by atoms with Gasteiger partial charge in [-0.2, -0.15) is 5.26 Å². The van der Waals surface area contributed by atoms with Crippen molar-refractivity contribution in [2.24, 2.45) is 11.7 Å². The Balaban J connectivity index is 2.38. The molecule has 0 bridgehead atoms. The number of hydrogen-bond acceptors (Lipinski definition) is 3. The van der Waals surface area contributed by atoms with Crippen molar-refractivity contribution in [2.75, 3.05) is 20.1 Å². The van der Waals surface area contributed by atoms with E-state index in [0.717, 1.165) is 24.9 Å². The van der Waals surface area contributed by atoms with Crippen LogP contribution in [0.4, 0.5) is 4.39 Å². The summed E-state index contributed by atoms with van der Waals surface area (Å²) in [5, 5.41) is 8.96. The Labute approximate surface area is 113 Å². The predicted octanol–water partition coefficient (Wildman–Crippen LogP) is 2.43. The molecule has 102 valence electrons. The Hall–Kier alpha value is -1.44. The predicted molar refractivity (Wildman–Crippen MR) is 72.9 cm³/mol. The highest BCUT2D eigenvalue weighted by molar-refractivity contribution is 5.36. The van der Waals surface area contributed by atoms with Gasteiger partial charge in [0.25, 0.3) is 0 Å². The molecule has 1 saturated heterocycles. The standard InChI is InChI=1S/C15H20FN3/c1-19-7-3-2-4-12(9-17)15(19)11-5-6-14(16)13(8-11)10-18/h5-6,8,12,15H,2-4,7,9,17H2,1H3. The van der Waals surface area contributed by atoms with Crippen molar-refractivity contribution in [3.8, 4) is 6.07 Å². The van der Waals surface area contributed by atoms with Gasteiger partial charge in [-0.05, 0) is 56.6 Å². The molecule has 19 heavy (non-hydrogen) atoms. The lowest BCUT2D eigenvalue weighted by Gasteiger charge is -2.32. The molecule has 0 saturated carbocycles. The zero-order valence-corrected chi connectivity index (χ0v) is 11.3. The first kappa shape index (κ1) is 14.0. The van der Waals surface area contributed by atoms with Crippen LogP contribution in [0.25, 0.3) is 0 Å². The molecule has 1 fully saturated rings. The topological polar surface area (TPSA) is 53.0 Å². The van der Waals surface area contributed by atoms with Gasteiger partial charge < -0.3 is 5.73 Å². The Kier molecular flexibility index (Phi) is 4.52. The minimum Gasteiger partial charge on any atom is -0.330 e. The molecule has 2 rings (SSSR count). The average Bonchev–Trinajstić information content (AvgIpc) is 2.61. The van der Waals surface area contributed by atoms with Gasteiger partial charge >= 0.3 is 0 Å². The number of nitriles is 1. The Morgan fingerprint density at radius 3 is 2.95 bits per heavy atom. The van der Waals surface area contributed by atoms with Gasteiger partial charge in [-0.25, -0.2) is 4.39 Å². The van der Waals surface area contributed by atoms with Crippen LogP contribution in [0.1, 0.15) is 36.4 Å². The summed E-state index contributed by atoms with van der Waals surface area (Å²) in [7, 11) is 2.08. The molecular weight excluding hydrogens is 241 g/mol. The van der Waals surface area contributed by atoms with Gasteiger partial charge in [0.15, 0.2) is 0 Å². The lowest BCUT2D eigenvalue weighted by atomic mass is 9.89. The van der Waals surface area contributed by atoms with Crippen LogP contribution in [0, 0.1) is 23.1 Å². The van der Waals surface area contributed by atoms with Gasteiger partial charge in [-0.3, -0.25) is 4.90 Å². The highest BCUT2D eigenvalue weighted by Gasteiger charge is 2.28. The highest BCUT2D eigenvalue weighted by atomic mass is 19.1. The third-order valence-electron chi connectivity index (χ3n) is 4.01. The van der Waals surface area contributed by atoms with Crippen LogP contribution >= 0.6 is 0 Å². The number of hydrogen-bond donors (Lipinski definition) is 1. The molecule has 4 heteroatoms. The van der Waals surface area contributed by atoms with Gasteiger partial charge in [-0.15, -0.1) is 0 Å². The summed E-state index contributed by atoms with van der Waals surface area (Å²) in [4.78, 5) is 2.28. The fourth-order valence-electron chi connectivity index (χ4n) is 3.01. The largest absolute Gasteiger partial charge is 0.330 e. The minimum atomic E-state index is -0.452. The maximum Gasteiger partial charge on any atom is 0.140 e.